The fourth-order valence-electron chi connectivity index (χ4n) is 2.16. The van der Waals surface area contributed by atoms with Crippen molar-refractivity contribution in [1.29, 1.82) is 0 Å². The molecule has 0 unspecified atom stereocenters. The molecule has 0 aliphatic carbocycles. The second-order valence-electron chi connectivity index (χ2n) is 3.94. The zero-order chi connectivity index (χ0) is 10.3. The van der Waals surface area contributed by atoms with E-state index in [0.717, 1.165) is 11.3 Å². The molecule has 3 rings (SSSR count). The van der Waals surface area contributed by atoms with E-state index in [1.165, 1.54) is 12.1 Å². The number of hydrogen-bond donors (Lipinski definition) is 1. The van der Waals surface area contributed by atoms with Crippen LogP contribution in [0.5, 0.6) is 0 Å². The number of anilines is 1. The van der Waals surface area contributed by atoms with E-state index in [1.54, 1.807) is 6.07 Å². The highest BCUT2D eigenvalue weighted by Crippen LogP contribution is 2.32. The Labute approximate surface area is 87.2 Å². The Kier molecular flexibility index (Phi) is 1.94. The lowest BCUT2D eigenvalue weighted by Crippen LogP contribution is -2.43. The molecular formula is C11H12FNO2. The van der Waals surface area contributed by atoms with Gasteiger partial charge in [0.15, 0.2) is 5.79 Å². The third-order valence-electron chi connectivity index (χ3n) is 2.89. The maximum absolute atomic E-state index is 13.1. The quantitative estimate of drug-likeness (QED) is 0.703. The summed E-state index contributed by atoms with van der Waals surface area (Å²) in [5.41, 5.74) is 1.89. The normalized spacial score (nSPS) is 22.5. The van der Waals surface area contributed by atoms with Gasteiger partial charge in [0, 0.05) is 12.1 Å². The van der Waals surface area contributed by atoms with Crippen LogP contribution in [0.25, 0.3) is 0 Å². The highest BCUT2D eigenvalue weighted by atomic mass is 19.1. The molecular weight excluding hydrogens is 197 g/mol. The van der Waals surface area contributed by atoms with E-state index in [0.29, 0.717) is 26.2 Å². The minimum absolute atomic E-state index is 0.217. The van der Waals surface area contributed by atoms with Crippen LogP contribution in [0.4, 0.5) is 10.1 Å². The van der Waals surface area contributed by atoms with Crippen molar-refractivity contribution in [1.82, 2.24) is 0 Å². The lowest BCUT2D eigenvalue weighted by Gasteiger charge is -2.33. The van der Waals surface area contributed by atoms with Gasteiger partial charge in [-0.15, -0.1) is 0 Å². The van der Waals surface area contributed by atoms with Gasteiger partial charge in [0.2, 0.25) is 0 Å². The average molecular weight is 209 g/mol. The first-order valence-corrected chi connectivity index (χ1v) is 5.08. The first-order valence-electron chi connectivity index (χ1n) is 5.08. The second-order valence-corrected chi connectivity index (χ2v) is 3.94. The average Bonchev–Trinajstić information content (AvgIpc) is 2.66. The van der Waals surface area contributed by atoms with Crippen molar-refractivity contribution in [2.24, 2.45) is 0 Å². The second kappa shape index (κ2) is 3.18. The first kappa shape index (κ1) is 9.12. The molecule has 3 nitrogen and oxygen atoms in total. The monoisotopic (exact) mass is 209 g/mol. The van der Waals surface area contributed by atoms with Crippen LogP contribution in [0.2, 0.25) is 0 Å². The number of nitrogens with one attached hydrogen (secondary N) is 1. The fourth-order valence-corrected chi connectivity index (χ4v) is 2.16. The summed E-state index contributed by atoms with van der Waals surface area (Å²) in [5, 5.41) is 3.21. The zero-order valence-corrected chi connectivity index (χ0v) is 8.25. The van der Waals surface area contributed by atoms with E-state index in [1.807, 2.05) is 0 Å². The Balaban J connectivity index is 1.94. The van der Waals surface area contributed by atoms with Crippen LogP contribution in [-0.4, -0.2) is 25.5 Å². The van der Waals surface area contributed by atoms with Crippen LogP contribution in [0.15, 0.2) is 18.2 Å². The van der Waals surface area contributed by atoms with Crippen LogP contribution in [0, 0.1) is 5.82 Å². The summed E-state index contributed by atoms with van der Waals surface area (Å²) in [6.07, 6.45) is 0.618. The summed E-state index contributed by atoms with van der Waals surface area (Å²) in [6, 6.07) is 4.75. The van der Waals surface area contributed by atoms with Gasteiger partial charge in [0.25, 0.3) is 0 Å². The Bertz CT molecular complexity index is 388. The molecule has 1 aromatic carbocycles. The van der Waals surface area contributed by atoms with Gasteiger partial charge in [-0.3, -0.25) is 0 Å². The van der Waals surface area contributed by atoms with Crippen molar-refractivity contribution < 1.29 is 13.9 Å². The van der Waals surface area contributed by atoms with Gasteiger partial charge >= 0.3 is 0 Å². The summed E-state index contributed by atoms with van der Waals surface area (Å²) in [5.74, 6) is -0.786. The molecule has 1 spiro atoms. The number of rotatable bonds is 0. The predicted molar refractivity (Wildman–Crippen MR) is 53.2 cm³/mol. The van der Waals surface area contributed by atoms with Crippen LogP contribution in [-0.2, 0) is 15.9 Å². The van der Waals surface area contributed by atoms with Crippen molar-refractivity contribution in [3.8, 4) is 0 Å². The summed E-state index contributed by atoms with van der Waals surface area (Å²) >= 11 is 0. The van der Waals surface area contributed by atoms with Crippen LogP contribution < -0.4 is 5.32 Å². The number of ether oxygens (including phenoxy) is 2. The van der Waals surface area contributed by atoms with E-state index in [9.17, 15) is 4.39 Å². The first-order chi connectivity index (χ1) is 7.27. The predicted octanol–water partition coefficient (Wildman–Crippen LogP) is 1.54. The number of halogens is 1. The molecule has 80 valence electrons. The zero-order valence-electron chi connectivity index (χ0n) is 8.25. The van der Waals surface area contributed by atoms with Gasteiger partial charge < -0.3 is 14.8 Å². The van der Waals surface area contributed by atoms with Gasteiger partial charge in [-0.05, 0) is 23.8 Å². The topological polar surface area (TPSA) is 30.5 Å². The Morgan fingerprint density at radius 1 is 1.27 bits per heavy atom. The summed E-state index contributed by atoms with van der Waals surface area (Å²) < 4.78 is 24.2. The van der Waals surface area contributed by atoms with Crippen LogP contribution in [0.1, 0.15) is 5.56 Å². The molecule has 0 bridgehead atoms. The molecule has 2 aliphatic rings. The molecule has 15 heavy (non-hydrogen) atoms. The van der Waals surface area contributed by atoms with Crippen molar-refractivity contribution in [3.05, 3.63) is 29.6 Å². The third kappa shape index (κ3) is 1.50. The maximum Gasteiger partial charge on any atom is 0.189 e. The molecule has 1 N–H and O–H groups in total. The lowest BCUT2D eigenvalue weighted by atomic mass is 9.98. The molecule has 2 aliphatic heterocycles. The largest absolute Gasteiger partial charge is 0.379 e. The molecule has 1 aromatic rings. The summed E-state index contributed by atoms with van der Waals surface area (Å²) in [6.45, 7) is 1.87. The molecule has 0 radical (unpaired) electrons. The minimum atomic E-state index is -0.569. The summed E-state index contributed by atoms with van der Waals surface area (Å²) in [4.78, 5) is 0. The van der Waals surface area contributed by atoms with E-state index in [-0.39, 0.29) is 5.82 Å². The van der Waals surface area contributed by atoms with E-state index >= 15 is 0 Å². The van der Waals surface area contributed by atoms with Gasteiger partial charge in [0.1, 0.15) is 5.82 Å². The van der Waals surface area contributed by atoms with Crippen LogP contribution >= 0.6 is 0 Å². The Morgan fingerprint density at radius 2 is 2.07 bits per heavy atom. The molecule has 0 aromatic heterocycles. The Hall–Kier alpha value is -1.13. The van der Waals surface area contributed by atoms with E-state index in [4.69, 9.17) is 9.47 Å². The summed E-state index contributed by atoms with van der Waals surface area (Å²) in [7, 11) is 0. The number of benzene rings is 1. The maximum atomic E-state index is 13.1. The van der Waals surface area contributed by atoms with Gasteiger partial charge in [0.05, 0.1) is 19.8 Å². The molecule has 4 heteroatoms. The lowest BCUT2D eigenvalue weighted by molar-refractivity contribution is -0.146. The van der Waals surface area contributed by atoms with Gasteiger partial charge in [-0.2, -0.15) is 0 Å². The van der Waals surface area contributed by atoms with Gasteiger partial charge in [-0.1, -0.05) is 0 Å². The molecule has 0 amide bonds. The smallest absolute Gasteiger partial charge is 0.189 e. The highest BCUT2D eigenvalue weighted by Gasteiger charge is 2.39. The molecule has 1 fully saturated rings. The van der Waals surface area contributed by atoms with Gasteiger partial charge in [-0.25, -0.2) is 4.39 Å². The third-order valence-corrected chi connectivity index (χ3v) is 2.89. The number of hydrogen-bond acceptors (Lipinski definition) is 3. The number of fused-ring (bicyclic) bond motifs is 1. The standard InChI is InChI=1S/C11H12FNO2/c12-9-1-2-10-8(5-9)6-11(7-13-10)14-3-4-15-11/h1-2,5,13H,3-4,6-7H2. The molecule has 2 heterocycles. The molecule has 0 saturated carbocycles. The van der Waals surface area contributed by atoms with Crippen LogP contribution in [0.3, 0.4) is 0 Å². The highest BCUT2D eigenvalue weighted by molar-refractivity contribution is 5.54. The van der Waals surface area contributed by atoms with E-state index in [2.05, 4.69) is 5.32 Å². The minimum Gasteiger partial charge on any atom is -0.379 e. The van der Waals surface area contributed by atoms with Crippen molar-refractivity contribution in [2.75, 3.05) is 25.1 Å². The van der Waals surface area contributed by atoms with Crippen molar-refractivity contribution in [3.63, 3.8) is 0 Å². The van der Waals surface area contributed by atoms with Crippen molar-refractivity contribution in [2.45, 2.75) is 12.2 Å². The SMILES string of the molecule is Fc1ccc2c(c1)CC1(CN2)OCCO1. The van der Waals surface area contributed by atoms with E-state index < -0.39 is 5.79 Å². The Morgan fingerprint density at radius 3 is 2.87 bits per heavy atom. The fraction of sp³-hybridized carbons (Fsp3) is 0.455. The molecule has 1 saturated heterocycles. The van der Waals surface area contributed by atoms with Crippen molar-refractivity contribution >= 4 is 5.69 Å². The molecule has 0 atom stereocenters.